The monoisotopic (exact) mass is 570 g/mol. The zero-order valence-corrected chi connectivity index (χ0v) is 25.4. The average molecular weight is 571 g/mol. The van der Waals surface area contributed by atoms with Gasteiger partial charge in [0.05, 0.1) is 0 Å². The smallest absolute Gasteiger partial charge is 0.0159 e. The van der Waals surface area contributed by atoms with Crippen molar-refractivity contribution in [2.75, 3.05) is 0 Å². The maximum atomic E-state index is 2.50. The number of benzene rings is 7. The second-order valence-corrected chi connectivity index (χ2v) is 13.3. The lowest BCUT2D eigenvalue weighted by atomic mass is 9.81. The van der Waals surface area contributed by atoms with Gasteiger partial charge in [0.2, 0.25) is 0 Å². The molecule has 0 radical (unpaired) electrons. The molecule has 3 aliphatic carbocycles. The standard InChI is InChI=1S/C45H30/c1-45(2)38-19-11-10-18-33(38)34-22-21-31(26-39(34)45)41-35-23-20-27-12-8-9-17-32(27)42(35)44-40(28-13-4-3-5-14-28)36-24-29-15-6-7-16-30(29)25-37(36)43(41)44/h3-26H,1-2H3. The summed E-state index contributed by atoms with van der Waals surface area (Å²) in [5.41, 5.74) is 18.8. The van der Waals surface area contributed by atoms with Crippen LogP contribution in [-0.2, 0) is 5.41 Å². The minimum Gasteiger partial charge on any atom is -0.0622 e. The molecule has 3 aliphatic rings. The summed E-state index contributed by atoms with van der Waals surface area (Å²) in [7, 11) is 0. The van der Waals surface area contributed by atoms with E-state index < -0.39 is 0 Å². The van der Waals surface area contributed by atoms with Crippen LogP contribution < -0.4 is 0 Å². The van der Waals surface area contributed by atoms with Crippen molar-refractivity contribution in [2.24, 2.45) is 0 Å². The van der Waals surface area contributed by atoms with Gasteiger partial charge in [0, 0.05) is 5.41 Å². The van der Waals surface area contributed by atoms with Gasteiger partial charge in [-0.3, -0.25) is 0 Å². The second-order valence-electron chi connectivity index (χ2n) is 13.3. The molecule has 0 fully saturated rings. The number of fused-ring (bicyclic) bond motifs is 11. The molecule has 0 heterocycles. The van der Waals surface area contributed by atoms with E-state index in [1.165, 1.54) is 99.5 Å². The molecule has 210 valence electrons. The van der Waals surface area contributed by atoms with E-state index in [9.17, 15) is 0 Å². The molecule has 0 saturated carbocycles. The molecule has 7 aromatic rings. The largest absolute Gasteiger partial charge is 0.0622 e. The lowest BCUT2D eigenvalue weighted by Gasteiger charge is -2.22. The van der Waals surface area contributed by atoms with Crippen molar-refractivity contribution in [3.8, 4) is 11.1 Å². The molecule has 0 amide bonds. The van der Waals surface area contributed by atoms with Crippen molar-refractivity contribution in [3.05, 3.63) is 190 Å². The Morgan fingerprint density at radius 3 is 1.76 bits per heavy atom. The van der Waals surface area contributed by atoms with E-state index >= 15 is 0 Å². The minimum atomic E-state index is -0.0599. The first-order valence-corrected chi connectivity index (χ1v) is 15.9. The third-order valence-corrected chi connectivity index (χ3v) is 10.6. The maximum Gasteiger partial charge on any atom is 0.0159 e. The Labute approximate surface area is 263 Å². The van der Waals surface area contributed by atoms with Crippen molar-refractivity contribution in [1.29, 1.82) is 0 Å². The summed E-state index contributed by atoms with van der Waals surface area (Å²) >= 11 is 0. The zero-order valence-electron chi connectivity index (χ0n) is 25.4. The molecule has 0 saturated heterocycles. The Balaban J connectivity index is 1.36. The summed E-state index contributed by atoms with van der Waals surface area (Å²) in [4.78, 5) is 0. The van der Waals surface area contributed by atoms with E-state index in [-0.39, 0.29) is 5.41 Å². The van der Waals surface area contributed by atoms with Crippen LogP contribution in [0.25, 0.3) is 55.0 Å². The van der Waals surface area contributed by atoms with Gasteiger partial charge >= 0.3 is 0 Å². The van der Waals surface area contributed by atoms with Crippen LogP contribution in [0.3, 0.4) is 0 Å². The van der Waals surface area contributed by atoms with E-state index in [1.807, 2.05) is 0 Å². The van der Waals surface area contributed by atoms with Crippen molar-refractivity contribution >= 4 is 43.8 Å². The van der Waals surface area contributed by atoms with Crippen molar-refractivity contribution in [2.45, 2.75) is 19.3 Å². The fourth-order valence-corrected chi connectivity index (χ4v) is 8.51. The molecule has 0 nitrogen and oxygen atoms in total. The Morgan fingerprint density at radius 2 is 0.956 bits per heavy atom. The first kappa shape index (κ1) is 24.9. The molecule has 0 spiro atoms. The summed E-state index contributed by atoms with van der Waals surface area (Å²) in [6.07, 6.45) is 0. The number of hydrogen-bond donors (Lipinski definition) is 0. The lowest BCUT2D eigenvalue weighted by Crippen LogP contribution is -2.15. The van der Waals surface area contributed by atoms with Gasteiger partial charge in [-0.15, -0.1) is 0 Å². The summed E-state index contributed by atoms with van der Waals surface area (Å²) in [6, 6.07) is 54.5. The Morgan fingerprint density at radius 1 is 0.356 bits per heavy atom. The van der Waals surface area contributed by atoms with Gasteiger partial charge in [-0.2, -0.15) is 0 Å². The SMILES string of the molecule is CC1(C)c2ccccc2-c2ccc(C3=C4C(=C(c5ccccc5)c5cc6ccccc6cc54)c4c3ccc3ccccc43)cc21. The van der Waals surface area contributed by atoms with Crippen molar-refractivity contribution < 1.29 is 0 Å². The van der Waals surface area contributed by atoms with Crippen LogP contribution in [0.2, 0.25) is 0 Å². The van der Waals surface area contributed by atoms with Gasteiger partial charge in [0.25, 0.3) is 0 Å². The minimum absolute atomic E-state index is 0.0599. The van der Waals surface area contributed by atoms with E-state index in [0.717, 1.165) is 0 Å². The van der Waals surface area contributed by atoms with Crippen LogP contribution in [0.5, 0.6) is 0 Å². The lowest BCUT2D eigenvalue weighted by molar-refractivity contribution is 0.660. The Bertz CT molecular complexity index is 2480. The number of hydrogen-bond acceptors (Lipinski definition) is 0. The topological polar surface area (TPSA) is 0 Å². The van der Waals surface area contributed by atoms with Gasteiger partial charge in [-0.1, -0.05) is 141 Å². The van der Waals surface area contributed by atoms with E-state index in [0.29, 0.717) is 0 Å². The van der Waals surface area contributed by atoms with Gasteiger partial charge in [-0.25, -0.2) is 0 Å². The van der Waals surface area contributed by atoms with Gasteiger partial charge in [0.15, 0.2) is 0 Å². The fraction of sp³-hybridized carbons (Fsp3) is 0.0667. The highest BCUT2D eigenvalue weighted by molar-refractivity contribution is 6.38. The molecule has 0 heteroatoms. The fourth-order valence-electron chi connectivity index (χ4n) is 8.51. The molecule has 0 atom stereocenters. The molecule has 45 heavy (non-hydrogen) atoms. The molecular weight excluding hydrogens is 540 g/mol. The van der Waals surface area contributed by atoms with Crippen LogP contribution in [0.15, 0.2) is 146 Å². The molecule has 0 N–H and O–H groups in total. The zero-order chi connectivity index (χ0) is 29.9. The summed E-state index contributed by atoms with van der Waals surface area (Å²) in [5.74, 6) is 0. The molecule has 7 aromatic carbocycles. The molecular formula is C45H30. The van der Waals surface area contributed by atoms with Crippen molar-refractivity contribution in [3.63, 3.8) is 0 Å². The highest BCUT2D eigenvalue weighted by atomic mass is 14.4. The summed E-state index contributed by atoms with van der Waals surface area (Å²) in [6.45, 7) is 4.76. The first-order valence-electron chi connectivity index (χ1n) is 15.9. The summed E-state index contributed by atoms with van der Waals surface area (Å²) < 4.78 is 0. The predicted octanol–water partition coefficient (Wildman–Crippen LogP) is 11.5. The maximum absolute atomic E-state index is 2.50. The number of rotatable bonds is 2. The van der Waals surface area contributed by atoms with Crippen LogP contribution in [0.1, 0.15) is 58.4 Å². The Hall–Kier alpha value is -5.46. The second kappa shape index (κ2) is 8.80. The average Bonchev–Trinajstić information content (AvgIpc) is 3.67. The first-order chi connectivity index (χ1) is 22.1. The quantitative estimate of drug-likeness (QED) is 0.194. The van der Waals surface area contributed by atoms with Gasteiger partial charge < -0.3 is 0 Å². The predicted molar refractivity (Wildman–Crippen MR) is 190 cm³/mol. The summed E-state index contributed by atoms with van der Waals surface area (Å²) in [5, 5.41) is 5.16. The third kappa shape index (κ3) is 3.27. The third-order valence-electron chi connectivity index (χ3n) is 10.6. The van der Waals surface area contributed by atoms with Crippen molar-refractivity contribution in [1.82, 2.24) is 0 Å². The Kier molecular flexibility index (Phi) is 4.88. The van der Waals surface area contributed by atoms with Crippen LogP contribution in [-0.4, -0.2) is 0 Å². The highest BCUT2D eigenvalue weighted by Crippen LogP contribution is 2.61. The molecule has 0 aliphatic heterocycles. The van der Waals surface area contributed by atoms with Crippen LogP contribution >= 0.6 is 0 Å². The van der Waals surface area contributed by atoms with Gasteiger partial charge in [-0.05, 0) is 118 Å². The highest BCUT2D eigenvalue weighted by Gasteiger charge is 2.40. The normalized spacial score (nSPS) is 15.3. The van der Waals surface area contributed by atoms with E-state index in [4.69, 9.17) is 0 Å². The molecule has 0 bridgehead atoms. The van der Waals surface area contributed by atoms with Gasteiger partial charge in [0.1, 0.15) is 0 Å². The van der Waals surface area contributed by atoms with E-state index in [1.54, 1.807) is 0 Å². The molecule has 10 rings (SSSR count). The molecule has 0 unspecified atom stereocenters. The molecule has 0 aromatic heterocycles. The van der Waals surface area contributed by atoms with Crippen LogP contribution in [0.4, 0.5) is 0 Å². The number of allylic oxidation sites excluding steroid dienone is 2. The van der Waals surface area contributed by atoms with E-state index in [2.05, 4.69) is 159 Å². The van der Waals surface area contributed by atoms with Crippen LogP contribution in [0, 0.1) is 0 Å².